The number of aliphatic hydroxyl groups is 1. The fourth-order valence-electron chi connectivity index (χ4n) is 2.00. The van der Waals surface area contributed by atoms with E-state index in [2.05, 4.69) is 0 Å². The van der Waals surface area contributed by atoms with Crippen LogP contribution in [0, 0.1) is 0 Å². The van der Waals surface area contributed by atoms with Gasteiger partial charge in [0.1, 0.15) is 6.04 Å². The number of hydrogen-bond donors (Lipinski definition) is 2. The maximum absolute atomic E-state index is 12.7. The number of rotatable bonds is 2. The van der Waals surface area contributed by atoms with Crippen LogP contribution in [0.3, 0.4) is 0 Å². The highest BCUT2D eigenvalue weighted by atomic mass is 19.4. The van der Waals surface area contributed by atoms with Crippen molar-refractivity contribution in [1.29, 1.82) is 0 Å². The molecule has 1 aliphatic rings. The third-order valence-electron chi connectivity index (χ3n) is 2.73. The zero-order valence-electron chi connectivity index (χ0n) is 8.67. The lowest BCUT2D eigenvalue weighted by molar-refractivity contribution is -0.192. The molecule has 2 atom stereocenters. The second-order valence-electron chi connectivity index (χ2n) is 4.11. The molecular weight excluding hydrogens is 209 g/mol. The molecule has 3 N–H and O–H groups in total. The summed E-state index contributed by atoms with van der Waals surface area (Å²) in [6.45, 7) is 1.88. The predicted octanol–water partition coefficient (Wildman–Crippen LogP) is 0.721. The third-order valence-corrected chi connectivity index (χ3v) is 2.73. The molecule has 0 radical (unpaired) electrons. The van der Waals surface area contributed by atoms with Crippen LogP contribution >= 0.6 is 0 Å². The Balaban J connectivity index is 2.65. The van der Waals surface area contributed by atoms with Gasteiger partial charge in [-0.05, 0) is 19.8 Å². The number of hydrogen-bond acceptors (Lipinski definition) is 3. The molecule has 15 heavy (non-hydrogen) atoms. The van der Waals surface area contributed by atoms with Crippen LogP contribution in [0.25, 0.3) is 0 Å². The van der Waals surface area contributed by atoms with Crippen LogP contribution in [0.15, 0.2) is 0 Å². The normalized spacial score (nSPS) is 25.2. The molecule has 1 saturated heterocycles. The number of likely N-dealkylation sites (tertiary alicyclic amines) is 1. The molecule has 1 fully saturated rings. The number of nitrogens with two attached hydrogens (primary N) is 1. The summed E-state index contributed by atoms with van der Waals surface area (Å²) in [5.74, 6) is 0. The van der Waals surface area contributed by atoms with Gasteiger partial charge in [-0.2, -0.15) is 13.2 Å². The highest BCUT2D eigenvalue weighted by Crippen LogP contribution is 2.28. The van der Waals surface area contributed by atoms with Crippen molar-refractivity contribution in [3.8, 4) is 0 Å². The van der Waals surface area contributed by atoms with Crippen molar-refractivity contribution in [2.75, 3.05) is 13.1 Å². The second-order valence-corrected chi connectivity index (χ2v) is 4.11. The van der Waals surface area contributed by atoms with E-state index in [1.165, 1.54) is 11.8 Å². The molecule has 0 aromatic rings. The van der Waals surface area contributed by atoms with Crippen molar-refractivity contribution in [2.24, 2.45) is 5.73 Å². The fraction of sp³-hybridized carbons (Fsp3) is 1.00. The highest BCUT2D eigenvalue weighted by Gasteiger charge is 2.46. The Morgan fingerprint density at radius 1 is 1.33 bits per heavy atom. The van der Waals surface area contributed by atoms with E-state index in [9.17, 15) is 18.3 Å². The number of aliphatic hydroxyl groups excluding tert-OH is 1. The van der Waals surface area contributed by atoms with E-state index < -0.39 is 24.4 Å². The van der Waals surface area contributed by atoms with Gasteiger partial charge in [0.05, 0.1) is 6.10 Å². The minimum atomic E-state index is -4.30. The first-order chi connectivity index (χ1) is 6.82. The van der Waals surface area contributed by atoms with E-state index in [1.807, 2.05) is 0 Å². The zero-order chi connectivity index (χ0) is 11.6. The molecule has 6 heteroatoms. The summed E-state index contributed by atoms with van der Waals surface area (Å²) in [5, 5.41) is 9.21. The van der Waals surface area contributed by atoms with Crippen LogP contribution in [0.4, 0.5) is 13.2 Å². The second kappa shape index (κ2) is 4.67. The summed E-state index contributed by atoms with van der Waals surface area (Å²) in [5.41, 5.74) is 5.36. The van der Waals surface area contributed by atoms with E-state index in [0.29, 0.717) is 12.8 Å². The summed E-state index contributed by atoms with van der Waals surface area (Å²) < 4.78 is 38.0. The molecule has 2 unspecified atom stereocenters. The van der Waals surface area contributed by atoms with E-state index in [1.54, 1.807) is 0 Å². The van der Waals surface area contributed by atoms with E-state index in [-0.39, 0.29) is 13.1 Å². The SMILES string of the molecule is CC(N)C(N1CCC(O)CC1)C(F)(F)F. The van der Waals surface area contributed by atoms with Gasteiger partial charge >= 0.3 is 6.18 Å². The summed E-state index contributed by atoms with van der Waals surface area (Å²) in [6, 6.07) is -2.54. The van der Waals surface area contributed by atoms with Gasteiger partial charge in [-0.3, -0.25) is 4.90 Å². The molecule has 1 heterocycles. The Morgan fingerprint density at radius 3 is 2.13 bits per heavy atom. The quantitative estimate of drug-likeness (QED) is 0.729. The van der Waals surface area contributed by atoms with Crippen molar-refractivity contribution in [2.45, 2.75) is 44.1 Å². The number of nitrogens with zero attached hydrogens (tertiary/aromatic N) is 1. The van der Waals surface area contributed by atoms with Crippen molar-refractivity contribution in [3.63, 3.8) is 0 Å². The lowest BCUT2D eigenvalue weighted by atomic mass is 10.0. The molecule has 0 spiro atoms. The largest absolute Gasteiger partial charge is 0.405 e. The highest BCUT2D eigenvalue weighted by molar-refractivity contribution is 4.88. The molecule has 3 nitrogen and oxygen atoms in total. The van der Waals surface area contributed by atoms with E-state index in [0.717, 1.165) is 0 Å². The minimum Gasteiger partial charge on any atom is -0.393 e. The molecule has 0 aliphatic carbocycles. The van der Waals surface area contributed by atoms with Crippen molar-refractivity contribution in [1.82, 2.24) is 4.90 Å². The standard InChI is InChI=1S/C9H17F3N2O/c1-6(13)8(9(10,11)12)14-4-2-7(15)3-5-14/h6-8,15H,2-5,13H2,1H3. The maximum Gasteiger partial charge on any atom is 0.405 e. The van der Waals surface area contributed by atoms with Gasteiger partial charge in [0.25, 0.3) is 0 Å². The number of alkyl halides is 3. The summed E-state index contributed by atoms with van der Waals surface area (Å²) >= 11 is 0. The van der Waals surface area contributed by atoms with Crippen LogP contribution in [0.2, 0.25) is 0 Å². The molecule has 1 rings (SSSR count). The lowest BCUT2D eigenvalue weighted by Crippen LogP contribution is -2.57. The first-order valence-corrected chi connectivity index (χ1v) is 5.06. The molecule has 0 saturated carbocycles. The maximum atomic E-state index is 12.7. The van der Waals surface area contributed by atoms with Crippen LogP contribution in [-0.2, 0) is 0 Å². The summed E-state index contributed by atoms with van der Waals surface area (Å²) in [6.07, 6.45) is -3.99. The smallest absolute Gasteiger partial charge is 0.393 e. The lowest BCUT2D eigenvalue weighted by Gasteiger charge is -2.38. The molecule has 0 aromatic heterocycles. The third kappa shape index (κ3) is 3.32. The van der Waals surface area contributed by atoms with Gasteiger partial charge in [0.15, 0.2) is 0 Å². The Labute approximate surface area is 87.0 Å². The first kappa shape index (κ1) is 12.7. The zero-order valence-corrected chi connectivity index (χ0v) is 8.67. The average molecular weight is 226 g/mol. The van der Waals surface area contributed by atoms with Crippen LogP contribution in [-0.4, -0.2) is 47.5 Å². The number of piperidine rings is 1. The monoisotopic (exact) mass is 226 g/mol. The molecule has 0 bridgehead atoms. The van der Waals surface area contributed by atoms with Crippen LogP contribution < -0.4 is 5.73 Å². The number of halogens is 3. The minimum absolute atomic E-state index is 0.257. The van der Waals surface area contributed by atoms with Crippen molar-refractivity contribution >= 4 is 0 Å². The van der Waals surface area contributed by atoms with Crippen LogP contribution in [0.5, 0.6) is 0 Å². The van der Waals surface area contributed by atoms with Crippen LogP contribution in [0.1, 0.15) is 19.8 Å². The average Bonchev–Trinajstić information content (AvgIpc) is 2.05. The summed E-state index contributed by atoms with van der Waals surface area (Å²) in [7, 11) is 0. The molecular formula is C9H17F3N2O. The first-order valence-electron chi connectivity index (χ1n) is 5.06. The van der Waals surface area contributed by atoms with Gasteiger partial charge < -0.3 is 10.8 Å². The predicted molar refractivity (Wildman–Crippen MR) is 50.3 cm³/mol. The van der Waals surface area contributed by atoms with Crippen molar-refractivity contribution < 1.29 is 18.3 Å². The van der Waals surface area contributed by atoms with Gasteiger partial charge in [-0.1, -0.05) is 0 Å². The molecule has 1 aliphatic heterocycles. The van der Waals surface area contributed by atoms with E-state index in [4.69, 9.17) is 5.73 Å². The Bertz CT molecular complexity index is 200. The molecule has 0 amide bonds. The Morgan fingerprint density at radius 2 is 1.80 bits per heavy atom. The molecule has 90 valence electrons. The topological polar surface area (TPSA) is 49.5 Å². The Hall–Kier alpha value is -0.330. The van der Waals surface area contributed by atoms with E-state index >= 15 is 0 Å². The van der Waals surface area contributed by atoms with Crippen molar-refractivity contribution in [3.05, 3.63) is 0 Å². The summed E-state index contributed by atoms with van der Waals surface area (Å²) in [4.78, 5) is 1.32. The Kier molecular flexibility index (Phi) is 3.97. The van der Waals surface area contributed by atoms with Gasteiger partial charge in [-0.25, -0.2) is 0 Å². The molecule has 0 aromatic carbocycles. The fourth-order valence-corrected chi connectivity index (χ4v) is 2.00. The van der Waals surface area contributed by atoms with Gasteiger partial charge in [-0.15, -0.1) is 0 Å². The van der Waals surface area contributed by atoms with Gasteiger partial charge in [0, 0.05) is 19.1 Å². The van der Waals surface area contributed by atoms with Gasteiger partial charge in [0.2, 0.25) is 0 Å².